The van der Waals surface area contributed by atoms with Crippen LogP contribution in [0.5, 0.6) is 0 Å². The van der Waals surface area contributed by atoms with Crippen LogP contribution in [0.25, 0.3) is 11.4 Å². The van der Waals surface area contributed by atoms with Crippen molar-refractivity contribution in [1.29, 1.82) is 0 Å². The summed E-state index contributed by atoms with van der Waals surface area (Å²) in [6.07, 6.45) is 1.58. The Morgan fingerprint density at radius 2 is 1.82 bits per heavy atom. The molecule has 1 aliphatic rings. The summed E-state index contributed by atoms with van der Waals surface area (Å²) in [7, 11) is -1.89. The smallest absolute Gasteiger partial charge is 0.264 e. The Morgan fingerprint density at radius 1 is 1.09 bits per heavy atom. The van der Waals surface area contributed by atoms with Crippen LogP contribution < -0.4 is 4.31 Å². The van der Waals surface area contributed by atoms with E-state index in [1.54, 1.807) is 48.5 Å². The van der Waals surface area contributed by atoms with Gasteiger partial charge in [-0.25, -0.2) is 8.42 Å². The third kappa shape index (κ3) is 5.27. The van der Waals surface area contributed by atoms with Crippen LogP contribution in [0.15, 0.2) is 53.4 Å². The van der Waals surface area contributed by atoms with E-state index in [4.69, 9.17) is 16.3 Å². The van der Waals surface area contributed by atoms with Gasteiger partial charge in [-0.2, -0.15) is 0 Å². The van der Waals surface area contributed by atoms with Crippen LogP contribution in [-0.4, -0.2) is 60.9 Å². The molecule has 0 aliphatic carbocycles. The number of unbranched alkanes of at least 4 members (excludes halogenated alkanes) is 1. The lowest BCUT2D eigenvalue weighted by Gasteiger charge is -2.27. The van der Waals surface area contributed by atoms with Gasteiger partial charge in [0, 0.05) is 37.3 Å². The Bertz CT molecular complexity index is 1210. The summed E-state index contributed by atoms with van der Waals surface area (Å²) in [5.74, 6) is 1.37. The molecular formula is C24H30ClN5O3S. The van der Waals surface area contributed by atoms with E-state index in [1.165, 1.54) is 4.31 Å². The van der Waals surface area contributed by atoms with Crippen LogP contribution in [0.2, 0.25) is 5.02 Å². The molecule has 0 saturated carbocycles. The molecule has 1 aromatic heterocycles. The first-order valence-electron chi connectivity index (χ1n) is 11.5. The molecular weight excluding hydrogens is 474 g/mol. The zero-order valence-electron chi connectivity index (χ0n) is 19.5. The maximum Gasteiger partial charge on any atom is 0.264 e. The first kappa shape index (κ1) is 24.7. The number of sulfonamides is 1. The lowest BCUT2D eigenvalue weighted by Crippen LogP contribution is -2.36. The molecule has 10 heteroatoms. The van der Waals surface area contributed by atoms with Gasteiger partial charge in [-0.3, -0.25) is 9.21 Å². The molecule has 4 rings (SSSR count). The highest BCUT2D eigenvalue weighted by Gasteiger charge is 2.28. The van der Waals surface area contributed by atoms with E-state index in [0.717, 1.165) is 31.8 Å². The average molecular weight is 504 g/mol. The molecule has 0 amide bonds. The summed E-state index contributed by atoms with van der Waals surface area (Å²) < 4.78 is 36.2. The number of aromatic nitrogens is 3. The van der Waals surface area contributed by atoms with Gasteiger partial charge >= 0.3 is 0 Å². The number of halogens is 1. The van der Waals surface area contributed by atoms with Gasteiger partial charge in [0.25, 0.3) is 10.0 Å². The van der Waals surface area contributed by atoms with Crippen molar-refractivity contribution in [3.8, 4) is 11.4 Å². The summed E-state index contributed by atoms with van der Waals surface area (Å²) in [6.45, 7) is 6.11. The van der Waals surface area contributed by atoms with Crippen molar-refractivity contribution in [3.63, 3.8) is 0 Å². The van der Waals surface area contributed by atoms with E-state index in [2.05, 4.69) is 15.1 Å². The van der Waals surface area contributed by atoms with Gasteiger partial charge in [-0.05, 0) is 36.8 Å². The fraction of sp³-hybridized carbons (Fsp3) is 0.417. The topological polar surface area (TPSA) is 80.6 Å². The summed E-state index contributed by atoms with van der Waals surface area (Å²) in [4.78, 5) is 2.52. The molecule has 2 aromatic carbocycles. The van der Waals surface area contributed by atoms with E-state index >= 15 is 0 Å². The lowest BCUT2D eigenvalue weighted by atomic mass is 10.1. The quantitative estimate of drug-likeness (QED) is 0.439. The number of hydrogen-bond donors (Lipinski definition) is 0. The first-order valence-corrected chi connectivity index (χ1v) is 13.3. The Hall–Kier alpha value is -2.46. The number of benzene rings is 2. The molecule has 1 fully saturated rings. The van der Waals surface area contributed by atoms with Crippen LogP contribution in [0.4, 0.5) is 5.69 Å². The molecule has 3 aromatic rings. The molecule has 34 heavy (non-hydrogen) atoms. The fourth-order valence-corrected chi connectivity index (χ4v) is 5.70. The van der Waals surface area contributed by atoms with E-state index in [1.807, 2.05) is 18.5 Å². The van der Waals surface area contributed by atoms with Crippen molar-refractivity contribution >= 4 is 27.3 Å². The predicted molar refractivity (Wildman–Crippen MR) is 133 cm³/mol. The lowest BCUT2D eigenvalue weighted by molar-refractivity contribution is 0.0326. The minimum atomic E-state index is -3.79. The van der Waals surface area contributed by atoms with Crippen molar-refractivity contribution < 1.29 is 13.2 Å². The predicted octanol–water partition coefficient (Wildman–Crippen LogP) is 3.96. The SMILES string of the molecule is CCCCN(c1ccc(Cl)cc1-c1nnc(CN2CCOCC2)n1C)S(=O)(=O)c1ccccc1. The number of ether oxygens (including phenoxy) is 1. The van der Waals surface area contributed by atoms with Crippen molar-refractivity contribution in [3.05, 3.63) is 59.4 Å². The highest BCUT2D eigenvalue weighted by Crippen LogP contribution is 2.36. The van der Waals surface area contributed by atoms with Crippen LogP contribution in [-0.2, 0) is 28.4 Å². The van der Waals surface area contributed by atoms with Crippen molar-refractivity contribution in [2.45, 2.75) is 31.2 Å². The van der Waals surface area contributed by atoms with Gasteiger partial charge in [-0.1, -0.05) is 43.1 Å². The number of rotatable bonds is 9. The Balaban J connectivity index is 1.76. The number of morpholine rings is 1. The standard InChI is InChI=1S/C24H30ClN5O3S/c1-3-4-12-30(34(31,32)20-8-6-5-7-9-20)22-11-10-19(25)17-21(22)24-27-26-23(28(24)2)18-29-13-15-33-16-14-29/h5-11,17H,3-4,12-16,18H2,1-2H3. The van der Waals surface area contributed by atoms with Crippen molar-refractivity contribution in [2.75, 3.05) is 37.2 Å². The third-order valence-electron chi connectivity index (χ3n) is 5.95. The Kier molecular flexibility index (Phi) is 7.88. The van der Waals surface area contributed by atoms with Gasteiger partial charge in [0.1, 0.15) is 5.82 Å². The minimum absolute atomic E-state index is 0.248. The van der Waals surface area contributed by atoms with Gasteiger partial charge < -0.3 is 9.30 Å². The highest BCUT2D eigenvalue weighted by atomic mass is 35.5. The molecule has 0 atom stereocenters. The average Bonchev–Trinajstić information content (AvgIpc) is 3.21. The third-order valence-corrected chi connectivity index (χ3v) is 8.01. The molecule has 1 aliphatic heterocycles. The molecule has 0 radical (unpaired) electrons. The monoisotopic (exact) mass is 503 g/mol. The summed E-state index contributed by atoms with van der Waals surface area (Å²) in [6, 6.07) is 13.7. The van der Waals surface area contributed by atoms with Gasteiger partial charge in [-0.15, -0.1) is 10.2 Å². The maximum atomic E-state index is 13.7. The van der Waals surface area contributed by atoms with Crippen LogP contribution >= 0.6 is 11.6 Å². The first-order chi connectivity index (χ1) is 16.4. The van der Waals surface area contributed by atoms with E-state index in [9.17, 15) is 8.42 Å². The second-order valence-corrected chi connectivity index (χ2v) is 10.6. The van der Waals surface area contributed by atoms with E-state index in [0.29, 0.717) is 48.4 Å². The van der Waals surface area contributed by atoms with Crippen LogP contribution in [0.1, 0.15) is 25.6 Å². The Labute approximate surface area is 206 Å². The second kappa shape index (κ2) is 10.9. The maximum absolute atomic E-state index is 13.7. The second-order valence-electron chi connectivity index (χ2n) is 8.29. The summed E-state index contributed by atoms with van der Waals surface area (Å²) >= 11 is 6.37. The number of hydrogen-bond acceptors (Lipinski definition) is 6. The largest absolute Gasteiger partial charge is 0.379 e. The Morgan fingerprint density at radius 3 is 2.53 bits per heavy atom. The normalized spacial score (nSPS) is 14.9. The van der Waals surface area contributed by atoms with Gasteiger partial charge in [0.2, 0.25) is 0 Å². The number of anilines is 1. The minimum Gasteiger partial charge on any atom is -0.379 e. The molecule has 0 N–H and O–H groups in total. The van der Waals surface area contributed by atoms with Crippen LogP contribution in [0, 0.1) is 0 Å². The van der Waals surface area contributed by atoms with Gasteiger partial charge in [0.15, 0.2) is 5.82 Å². The molecule has 2 heterocycles. The van der Waals surface area contributed by atoms with E-state index < -0.39 is 10.0 Å². The fourth-order valence-electron chi connectivity index (χ4n) is 3.99. The molecule has 0 spiro atoms. The molecule has 0 unspecified atom stereocenters. The molecule has 0 bridgehead atoms. The molecule has 8 nitrogen and oxygen atoms in total. The summed E-state index contributed by atoms with van der Waals surface area (Å²) in [5, 5.41) is 9.37. The van der Waals surface area contributed by atoms with E-state index in [-0.39, 0.29) is 4.90 Å². The van der Waals surface area contributed by atoms with Gasteiger partial charge in [0.05, 0.1) is 30.3 Å². The zero-order valence-corrected chi connectivity index (χ0v) is 21.1. The highest BCUT2D eigenvalue weighted by molar-refractivity contribution is 7.92. The molecule has 182 valence electrons. The zero-order chi connectivity index (χ0) is 24.1. The number of nitrogens with zero attached hydrogens (tertiary/aromatic N) is 5. The van der Waals surface area contributed by atoms with Crippen LogP contribution in [0.3, 0.4) is 0 Å². The van der Waals surface area contributed by atoms with Crippen molar-refractivity contribution in [2.24, 2.45) is 7.05 Å². The summed E-state index contributed by atoms with van der Waals surface area (Å²) in [5.41, 5.74) is 1.17. The van der Waals surface area contributed by atoms with Crippen molar-refractivity contribution in [1.82, 2.24) is 19.7 Å². The molecule has 1 saturated heterocycles.